The number of hydrogen-bond acceptors (Lipinski definition) is 8. The van der Waals surface area contributed by atoms with Crippen molar-refractivity contribution in [2.75, 3.05) is 17.2 Å². The van der Waals surface area contributed by atoms with Crippen LogP contribution in [0.3, 0.4) is 0 Å². The van der Waals surface area contributed by atoms with E-state index in [1.54, 1.807) is 24.3 Å². The summed E-state index contributed by atoms with van der Waals surface area (Å²) in [6.45, 7) is 5.56. The van der Waals surface area contributed by atoms with Gasteiger partial charge in [0.25, 0.3) is 0 Å². The van der Waals surface area contributed by atoms with Crippen LogP contribution in [0.5, 0.6) is 0 Å². The molecule has 2 heterocycles. The van der Waals surface area contributed by atoms with Gasteiger partial charge in [-0.3, -0.25) is 4.98 Å². The molecule has 0 radical (unpaired) electrons. The largest absolute Gasteiger partial charge is 0.395 e. The summed E-state index contributed by atoms with van der Waals surface area (Å²) in [5.74, 6) is 0. The van der Waals surface area contributed by atoms with Crippen LogP contribution >= 0.6 is 0 Å². The van der Waals surface area contributed by atoms with Crippen LogP contribution in [0.4, 0.5) is 24.5 Å². The molecule has 1 fully saturated rings. The fraction of sp³-hybridized carbons (Fsp3) is 0.355. The minimum absolute atomic E-state index is 0.0428. The highest BCUT2D eigenvalue weighted by Gasteiger charge is 2.47. The fourth-order valence-corrected chi connectivity index (χ4v) is 4.80. The van der Waals surface area contributed by atoms with Gasteiger partial charge in [0, 0.05) is 23.8 Å². The normalized spacial score (nSPS) is 14.8. The van der Waals surface area contributed by atoms with Gasteiger partial charge in [0.15, 0.2) is 0 Å². The number of halogens is 3. The lowest BCUT2D eigenvalue weighted by Crippen LogP contribution is -2.38. The third-order valence-corrected chi connectivity index (χ3v) is 8.14. The molecular formula is C31H28F3N9. The number of alkyl halides is 3. The smallest absolute Gasteiger partial charge is 0.382 e. The molecule has 2 aromatic carbocycles. The van der Waals surface area contributed by atoms with E-state index in [9.17, 15) is 29.0 Å². The minimum Gasteiger partial charge on any atom is -0.382 e. The quantitative estimate of drug-likeness (QED) is 0.241. The number of fused-ring (bicyclic) bond motifs is 1. The van der Waals surface area contributed by atoms with Crippen molar-refractivity contribution < 1.29 is 13.2 Å². The maximum absolute atomic E-state index is 13.6. The summed E-state index contributed by atoms with van der Waals surface area (Å²) in [6, 6.07) is 14.3. The highest BCUT2D eigenvalue weighted by atomic mass is 19.4. The van der Waals surface area contributed by atoms with Crippen molar-refractivity contribution >= 4 is 22.3 Å². The maximum atomic E-state index is 13.6. The Bertz CT molecular complexity index is 1850. The third-order valence-electron chi connectivity index (χ3n) is 8.14. The van der Waals surface area contributed by atoms with Crippen LogP contribution in [0.1, 0.15) is 73.2 Å². The Morgan fingerprint density at radius 1 is 1.05 bits per heavy atom. The molecule has 1 aliphatic carbocycles. The minimum atomic E-state index is -4.49. The molecule has 0 bridgehead atoms. The van der Waals surface area contributed by atoms with E-state index in [1.165, 1.54) is 6.20 Å². The van der Waals surface area contributed by atoms with Crippen LogP contribution in [0, 0.1) is 46.3 Å². The number of anilines is 2. The van der Waals surface area contributed by atoms with Crippen LogP contribution in [-0.2, 0) is 5.54 Å². The van der Waals surface area contributed by atoms with E-state index in [0.29, 0.717) is 22.3 Å². The SMILES string of the molecule is Cc1c(C#N)cccc1C(Nc1cc(C#N)c2ncc(C#N)c(NCC(C)(C)C(F)(F)F)c2c1)c1cn(C2(C)CC2)nn1. The predicted molar refractivity (Wildman–Crippen MR) is 154 cm³/mol. The highest BCUT2D eigenvalue weighted by molar-refractivity contribution is 5.99. The van der Waals surface area contributed by atoms with E-state index in [2.05, 4.69) is 45.0 Å². The summed E-state index contributed by atoms with van der Waals surface area (Å²) >= 11 is 0. The van der Waals surface area contributed by atoms with E-state index in [1.807, 2.05) is 29.9 Å². The molecule has 218 valence electrons. The monoisotopic (exact) mass is 583 g/mol. The first-order valence-corrected chi connectivity index (χ1v) is 13.6. The summed E-state index contributed by atoms with van der Waals surface area (Å²) in [4.78, 5) is 4.29. The molecule has 1 aliphatic rings. The average molecular weight is 584 g/mol. The summed E-state index contributed by atoms with van der Waals surface area (Å²) in [5.41, 5.74) is 1.41. The van der Waals surface area contributed by atoms with Gasteiger partial charge in [-0.05, 0) is 69.9 Å². The van der Waals surface area contributed by atoms with Crippen molar-refractivity contribution in [1.29, 1.82) is 15.8 Å². The number of benzene rings is 2. The van der Waals surface area contributed by atoms with E-state index in [4.69, 9.17) is 0 Å². The third kappa shape index (κ3) is 5.42. The number of aromatic nitrogens is 4. The van der Waals surface area contributed by atoms with E-state index >= 15 is 0 Å². The Hall–Kier alpha value is -5.15. The standard InChI is InChI=1S/C31H28F3N9/c1-18-19(12-35)6-5-7-23(18)28(25-16-43(42-41-25)30(4)8-9-30)40-22-10-20(13-36)26-24(11-22)27(21(14-37)15-38-26)39-17-29(2,3)31(32,33)34/h5-7,10-11,15-16,28,40H,8-9,17H2,1-4H3,(H,38,39). The molecule has 0 spiro atoms. The van der Waals surface area contributed by atoms with Gasteiger partial charge < -0.3 is 10.6 Å². The molecule has 1 unspecified atom stereocenters. The van der Waals surface area contributed by atoms with Crippen molar-refractivity contribution in [3.05, 3.63) is 76.2 Å². The molecule has 1 saturated carbocycles. The summed E-state index contributed by atoms with van der Waals surface area (Å²) in [7, 11) is 0. The number of nitrogens with one attached hydrogen (secondary N) is 2. The summed E-state index contributed by atoms with van der Waals surface area (Å²) in [6.07, 6.45) is 0.565. The van der Waals surface area contributed by atoms with Gasteiger partial charge in [-0.1, -0.05) is 17.3 Å². The topological polar surface area (TPSA) is 139 Å². The zero-order chi connectivity index (χ0) is 31.2. The molecule has 2 N–H and O–H groups in total. The van der Waals surface area contributed by atoms with Crippen molar-refractivity contribution in [2.45, 2.75) is 58.3 Å². The molecule has 0 aliphatic heterocycles. The Morgan fingerprint density at radius 3 is 2.37 bits per heavy atom. The van der Waals surface area contributed by atoms with Crippen molar-refractivity contribution in [1.82, 2.24) is 20.0 Å². The number of pyridine rings is 1. The molecule has 2 aromatic heterocycles. The van der Waals surface area contributed by atoms with E-state index in [0.717, 1.165) is 37.8 Å². The number of hydrogen-bond donors (Lipinski definition) is 2. The zero-order valence-electron chi connectivity index (χ0n) is 24.0. The first-order chi connectivity index (χ1) is 20.3. The lowest BCUT2D eigenvalue weighted by Gasteiger charge is -2.28. The van der Waals surface area contributed by atoms with Gasteiger partial charge in [-0.25, -0.2) is 4.68 Å². The summed E-state index contributed by atoms with van der Waals surface area (Å²) < 4.78 is 42.8. The Kier molecular flexibility index (Phi) is 7.23. The van der Waals surface area contributed by atoms with Crippen LogP contribution in [0.25, 0.3) is 10.9 Å². The Balaban J connectivity index is 1.64. The van der Waals surface area contributed by atoms with Crippen molar-refractivity contribution in [3.8, 4) is 18.2 Å². The maximum Gasteiger partial charge on any atom is 0.395 e. The van der Waals surface area contributed by atoms with Gasteiger partial charge in [0.05, 0.1) is 57.2 Å². The molecule has 12 heteroatoms. The first-order valence-electron chi connectivity index (χ1n) is 13.6. The summed E-state index contributed by atoms with van der Waals surface area (Å²) in [5, 5.41) is 44.8. The number of nitrogens with zero attached hydrogens (tertiary/aromatic N) is 7. The molecule has 0 amide bonds. The van der Waals surface area contributed by atoms with Gasteiger partial charge in [-0.2, -0.15) is 29.0 Å². The molecular weight excluding hydrogens is 555 g/mol. The second-order valence-corrected chi connectivity index (χ2v) is 11.7. The number of rotatable bonds is 8. The fourth-order valence-electron chi connectivity index (χ4n) is 4.80. The van der Waals surface area contributed by atoms with Crippen LogP contribution in [0.15, 0.2) is 42.7 Å². The van der Waals surface area contributed by atoms with Gasteiger partial charge in [0.1, 0.15) is 17.8 Å². The van der Waals surface area contributed by atoms with Crippen LogP contribution < -0.4 is 10.6 Å². The molecule has 1 atom stereocenters. The second kappa shape index (κ2) is 10.6. The van der Waals surface area contributed by atoms with Crippen LogP contribution in [0.2, 0.25) is 0 Å². The Morgan fingerprint density at radius 2 is 1.74 bits per heavy atom. The Labute approximate surface area is 246 Å². The average Bonchev–Trinajstić information content (AvgIpc) is 3.52. The van der Waals surface area contributed by atoms with E-state index in [-0.39, 0.29) is 27.9 Å². The predicted octanol–water partition coefficient (Wildman–Crippen LogP) is 6.46. The van der Waals surface area contributed by atoms with E-state index < -0.39 is 24.2 Å². The lowest BCUT2D eigenvalue weighted by molar-refractivity contribution is -0.206. The molecule has 9 nitrogen and oxygen atoms in total. The molecule has 0 saturated heterocycles. The highest BCUT2D eigenvalue weighted by Crippen LogP contribution is 2.43. The first kappa shape index (κ1) is 29.3. The van der Waals surface area contributed by atoms with Gasteiger partial charge >= 0.3 is 6.18 Å². The van der Waals surface area contributed by atoms with Crippen molar-refractivity contribution in [3.63, 3.8) is 0 Å². The van der Waals surface area contributed by atoms with Gasteiger partial charge in [-0.15, -0.1) is 5.10 Å². The number of nitriles is 3. The zero-order valence-corrected chi connectivity index (χ0v) is 24.0. The van der Waals surface area contributed by atoms with Gasteiger partial charge in [0.2, 0.25) is 0 Å². The molecule has 4 aromatic rings. The van der Waals surface area contributed by atoms with Crippen molar-refractivity contribution in [2.24, 2.45) is 5.41 Å². The second-order valence-electron chi connectivity index (χ2n) is 11.7. The van der Waals surface area contributed by atoms with Crippen LogP contribution in [-0.4, -0.2) is 32.7 Å². The molecule has 43 heavy (non-hydrogen) atoms. The lowest BCUT2D eigenvalue weighted by atomic mass is 9.92. The molecule has 5 rings (SSSR count).